The fourth-order valence-electron chi connectivity index (χ4n) is 1.68. The van der Waals surface area contributed by atoms with Gasteiger partial charge < -0.3 is 10.6 Å². The van der Waals surface area contributed by atoms with Gasteiger partial charge in [-0.05, 0) is 25.6 Å². The van der Waals surface area contributed by atoms with Gasteiger partial charge in [0, 0.05) is 12.6 Å². The number of benzene rings is 1. The van der Waals surface area contributed by atoms with E-state index in [0.29, 0.717) is 0 Å². The van der Waals surface area contributed by atoms with Crippen LogP contribution in [0.15, 0.2) is 24.3 Å². The van der Waals surface area contributed by atoms with E-state index in [1.54, 1.807) is 0 Å². The Morgan fingerprint density at radius 3 is 2.13 bits per heavy atom. The van der Waals surface area contributed by atoms with Crippen LogP contribution in [0.4, 0.5) is 0 Å². The highest BCUT2D eigenvalue weighted by Gasteiger charge is 2.09. The molecule has 0 aliphatic rings. The van der Waals surface area contributed by atoms with E-state index < -0.39 is 0 Å². The first-order valence-corrected chi connectivity index (χ1v) is 5.71. The van der Waals surface area contributed by atoms with Crippen LogP contribution in [0.1, 0.15) is 31.0 Å². The van der Waals surface area contributed by atoms with Crippen molar-refractivity contribution < 1.29 is 0 Å². The Hall–Kier alpha value is -0.860. The zero-order valence-corrected chi connectivity index (χ0v) is 10.0. The molecule has 0 fully saturated rings. The molecule has 0 aromatic heterocycles. The lowest BCUT2D eigenvalue weighted by molar-refractivity contribution is 0.284. The quantitative estimate of drug-likeness (QED) is 0.801. The molecule has 1 aromatic rings. The molecule has 0 aliphatic carbocycles. The van der Waals surface area contributed by atoms with Crippen LogP contribution < -0.4 is 5.73 Å². The van der Waals surface area contributed by atoms with Gasteiger partial charge in [0.2, 0.25) is 0 Å². The van der Waals surface area contributed by atoms with E-state index in [4.69, 9.17) is 5.73 Å². The second-order valence-corrected chi connectivity index (χ2v) is 4.00. The van der Waals surface area contributed by atoms with Crippen LogP contribution >= 0.6 is 0 Å². The first-order valence-electron chi connectivity index (χ1n) is 5.71. The van der Waals surface area contributed by atoms with Crippen molar-refractivity contribution in [3.05, 3.63) is 35.4 Å². The summed E-state index contributed by atoms with van der Waals surface area (Å²) in [5.74, 6) is 0. The molecule has 0 bridgehead atoms. The number of hydrogen-bond donors (Lipinski definition) is 1. The first-order chi connectivity index (χ1) is 7.17. The summed E-state index contributed by atoms with van der Waals surface area (Å²) in [6.07, 6.45) is 0. The smallest absolute Gasteiger partial charge is 0.0424 e. The maximum Gasteiger partial charge on any atom is 0.0424 e. The molecule has 15 heavy (non-hydrogen) atoms. The fraction of sp³-hybridized carbons (Fsp3) is 0.538. The van der Waals surface area contributed by atoms with E-state index in [1.165, 1.54) is 11.1 Å². The maximum atomic E-state index is 6.16. The summed E-state index contributed by atoms with van der Waals surface area (Å²) in [4.78, 5) is 2.35. The van der Waals surface area contributed by atoms with Gasteiger partial charge in [-0.25, -0.2) is 0 Å². The Balaban J connectivity index is 2.60. The first kappa shape index (κ1) is 12.2. The van der Waals surface area contributed by atoms with Crippen LogP contribution in [0.3, 0.4) is 0 Å². The van der Waals surface area contributed by atoms with Crippen LogP contribution in [-0.4, -0.2) is 24.5 Å². The summed E-state index contributed by atoms with van der Waals surface area (Å²) < 4.78 is 0. The number of hydrogen-bond acceptors (Lipinski definition) is 2. The van der Waals surface area contributed by atoms with Crippen molar-refractivity contribution in [1.29, 1.82) is 0 Å². The largest absolute Gasteiger partial charge is 0.323 e. The molecule has 0 heterocycles. The molecule has 0 radical (unpaired) electrons. The molecule has 0 amide bonds. The Labute approximate surface area is 93.1 Å². The van der Waals surface area contributed by atoms with Gasteiger partial charge in [0.05, 0.1) is 0 Å². The average molecular weight is 206 g/mol. The SMILES string of the molecule is CCN(CC)C[C@H](N)c1ccc(C)cc1. The second-order valence-electron chi connectivity index (χ2n) is 4.00. The van der Waals surface area contributed by atoms with Crippen LogP contribution in [0.25, 0.3) is 0 Å². The predicted molar refractivity (Wildman–Crippen MR) is 65.9 cm³/mol. The van der Waals surface area contributed by atoms with E-state index in [9.17, 15) is 0 Å². The minimum Gasteiger partial charge on any atom is -0.323 e. The van der Waals surface area contributed by atoms with Gasteiger partial charge in [0.1, 0.15) is 0 Å². The molecule has 0 saturated heterocycles. The van der Waals surface area contributed by atoms with Crippen molar-refractivity contribution in [2.45, 2.75) is 26.8 Å². The molecule has 1 aromatic carbocycles. The third kappa shape index (κ3) is 3.65. The second kappa shape index (κ2) is 5.89. The minimum absolute atomic E-state index is 0.130. The third-order valence-corrected chi connectivity index (χ3v) is 2.85. The highest BCUT2D eigenvalue weighted by atomic mass is 15.1. The lowest BCUT2D eigenvalue weighted by Gasteiger charge is -2.22. The van der Waals surface area contributed by atoms with E-state index in [2.05, 4.69) is 49.9 Å². The predicted octanol–water partition coefficient (Wildman–Crippen LogP) is 2.34. The van der Waals surface area contributed by atoms with Crippen molar-refractivity contribution in [3.8, 4) is 0 Å². The van der Waals surface area contributed by atoms with E-state index in [1.807, 2.05) is 0 Å². The maximum absolute atomic E-state index is 6.16. The van der Waals surface area contributed by atoms with Crippen LogP contribution in [0.2, 0.25) is 0 Å². The Bertz CT molecular complexity index is 275. The van der Waals surface area contributed by atoms with Crippen molar-refractivity contribution in [3.63, 3.8) is 0 Å². The lowest BCUT2D eigenvalue weighted by Crippen LogP contribution is -2.31. The molecule has 2 N–H and O–H groups in total. The number of rotatable bonds is 5. The Morgan fingerprint density at radius 2 is 1.67 bits per heavy atom. The van der Waals surface area contributed by atoms with Gasteiger partial charge in [-0.15, -0.1) is 0 Å². The molecule has 1 rings (SSSR count). The highest BCUT2D eigenvalue weighted by Crippen LogP contribution is 2.12. The average Bonchev–Trinajstić information content (AvgIpc) is 2.26. The Morgan fingerprint density at radius 1 is 1.13 bits per heavy atom. The van der Waals surface area contributed by atoms with Crippen LogP contribution in [0, 0.1) is 6.92 Å². The zero-order valence-electron chi connectivity index (χ0n) is 10.0. The summed E-state index contributed by atoms with van der Waals surface area (Å²) in [6, 6.07) is 8.63. The van der Waals surface area contributed by atoms with Gasteiger partial charge in [-0.3, -0.25) is 0 Å². The zero-order chi connectivity index (χ0) is 11.3. The van der Waals surface area contributed by atoms with Crippen LogP contribution in [-0.2, 0) is 0 Å². The highest BCUT2D eigenvalue weighted by molar-refractivity contribution is 5.24. The number of likely N-dealkylation sites (N-methyl/N-ethyl adjacent to an activating group) is 1. The van der Waals surface area contributed by atoms with E-state index in [0.717, 1.165) is 19.6 Å². The van der Waals surface area contributed by atoms with Gasteiger partial charge in [-0.1, -0.05) is 43.7 Å². The van der Waals surface area contributed by atoms with Crippen molar-refractivity contribution in [2.24, 2.45) is 5.73 Å². The molecular weight excluding hydrogens is 184 g/mol. The summed E-state index contributed by atoms with van der Waals surface area (Å²) in [5, 5.41) is 0. The lowest BCUT2D eigenvalue weighted by atomic mass is 10.1. The van der Waals surface area contributed by atoms with E-state index in [-0.39, 0.29) is 6.04 Å². The summed E-state index contributed by atoms with van der Waals surface area (Å²) >= 11 is 0. The van der Waals surface area contributed by atoms with Crippen molar-refractivity contribution in [1.82, 2.24) is 4.90 Å². The third-order valence-electron chi connectivity index (χ3n) is 2.85. The molecule has 0 unspecified atom stereocenters. The molecule has 2 heteroatoms. The van der Waals surface area contributed by atoms with Crippen LogP contribution in [0.5, 0.6) is 0 Å². The normalized spacial score (nSPS) is 13.1. The molecular formula is C13H22N2. The standard InChI is InChI=1S/C13H22N2/c1-4-15(5-2)10-13(14)12-8-6-11(3)7-9-12/h6-9,13H,4-5,10,14H2,1-3H3/t13-/m0/s1. The fourth-order valence-corrected chi connectivity index (χ4v) is 1.68. The van der Waals surface area contributed by atoms with Crippen molar-refractivity contribution in [2.75, 3.05) is 19.6 Å². The molecule has 0 saturated carbocycles. The van der Waals surface area contributed by atoms with Gasteiger partial charge in [0.25, 0.3) is 0 Å². The Kier molecular flexibility index (Phi) is 4.79. The van der Waals surface area contributed by atoms with Crippen molar-refractivity contribution >= 4 is 0 Å². The molecule has 2 nitrogen and oxygen atoms in total. The van der Waals surface area contributed by atoms with Gasteiger partial charge in [-0.2, -0.15) is 0 Å². The molecule has 0 spiro atoms. The topological polar surface area (TPSA) is 29.3 Å². The van der Waals surface area contributed by atoms with Gasteiger partial charge in [0.15, 0.2) is 0 Å². The minimum atomic E-state index is 0.130. The van der Waals surface area contributed by atoms with Gasteiger partial charge >= 0.3 is 0 Å². The summed E-state index contributed by atoms with van der Waals surface area (Å²) in [6.45, 7) is 9.51. The monoisotopic (exact) mass is 206 g/mol. The summed E-state index contributed by atoms with van der Waals surface area (Å²) in [5.41, 5.74) is 8.67. The van der Waals surface area contributed by atoms with E-state index >= 15 is 0 Å². The molecule has 84 valence electrons. The number of nitrogens with zero attached hydrogens (tertiary/aromatic N) is 1. The molecule has 1 atom stereocenters. The number of aryl methyl sites for hydroxylation is 1. The molecule has 0 aliphatic heterocycles. The summed E-state index contributed by atoms with van der Waals surface area (Å²) in [7, 11) is 0. The number of nitrogens with two attached hydrogens (primary N) is 1.